The van der Waals surface area contributed by atoms with Crippen molar-refractivity contribution in [1.29, 1.82) is 0 Å². The second-order valence-electron chi connectivity index (χ2n) is 5.52. The molecule has 1 unspecified atom stereocenters. The molecule has 4 aromatic carbocycles. The Hall–Kier alpha value is -2.64. The van der Waals surface area contributed by atoms with Crippen molar-refractivity contribution in [1.82, 2.24) is 0 Å². The molecule has 0 aliphatic carbocycles. The second-order valence-corrected chi connectivity index (χ2v) is 6.52. The maximum absolute atomic E-state index is 5.87. The summed E-state index contributed by atoms with van der Waals surface area (Å²) in [5.41, 5.74) is 4.76. The Morgan fingerprint density at radius 3 is 2.00 bits per heavy atom. The molecule has 0 N–H and O–H groups in total. The van der Waals surface area contributed by atoms with Crippen LogP contribution in [0.5, 0.6) is 0 Å². The summed E-state index contributed by atoms with van der Waals surface area (Å²) in [4.78, 5) is 0. The van der Waals surface area contributed by atoms with E-state index in [9.17, 15) is 0 Å². The summed E-state index contributed by atoms with van der Waals surface area (Å²) < 4.78 is 17.5. The minimum absolute atomic E-state index is 0.776. The van der Waals surface area contributed by atoms with Gasteiger partial charge in [0.1, 0.15) is 0 Å². The highest BCUT2D eigenvalue weighted by atomic mass is 31.1. The van der Waals surface area contributed by atoms with Gasteiger partial charge in [-0.15, -0.1) is 0 Å². The molecule has 2 heterocycles. The van der Waals surface area contributed by atoms with Gasteiger partial charge in [0.25, 0.3) is 0 Å². The molecule has 0 spiro atoms. The third-order valence-corrected chi connectivity index (χ3v) is 5.39. The maximum Gasteiger partial charge on any atom is 0.453 e. The van der Waals surface area contributed by atoms with Crippen LogP contribution in [0.3, 0.4) is 0 Å². The normalized spacial score (nSPS) is 13.4. The standard InChI is InChI=1S/C18H9O3P/c1-2-6-10(7-3-1)13-14-11-8-4-5-9-12(11)15(14)17-18-16(13)19-22(20-17)21-18/h1-9H. The Kier molecular flexibility index (Phi) is 1.79. The van der Waals surface area contributed by atoms with Crippen LogP contribution in [0, 0.1) is 0 Å². The summed E-state index contributed by atoms with van der Waals surface area (Å²) in [6.07, 6.45) is 0. The monoisotopic (exact) mass is 304 g/mol. The van der Waals surface area contributed by atoms with E-state index in [1.807, 2.05) is 18.2 Å². The predicted molar refractivity (Wildman–Crippen MR) is 88.1 cm³/mol. The Labute approximate surface area is 125 Å². The summed E-state index contributed by atoms with van der Waals surface area (Å²) in [5, 5.41) is 4.88. The molecule has 104 valence electrons. The van der Waals surface area contributed by atoms with Crippen LogP contribution in [-0.2, 0) is 0 Å². The largest absolute Gasteiger partial charge is 0.453 e. The zero-order valence-corrected chi connectivity index (χ0v) is 12.3. The molecule has 0 radical (unpaired) electrons. The molecule has 2 bridgehead atoms. The Morgan fingerprint density at radius 1 is 0.591 bits per heavy atom. The van der Waals surface area contributed by atoms with Gasteiger partial charge in [0, 0.05) is 16.3 Å². The first-order valence-electron chi connectivity index (χ1n) is 7.15. The van der Waals surface area contributed by atoms with E-state index in [0.717, 1.165) is 27.9 Å². The molecule has 0 aliphatic rings. The van der Waals surface area contributed by atoms with Crippen molar-refractivity contribution >= 4 is 46.4 Å². The molecule has 6 aromatic rings. The third kappa shape index (κ3) is 1.12. The highest BCUT2D eigenvalue weighted by Gasteiger charge is 2.28. The highest BCUT2D eigenvalue weighted by Crippen LogP contribution is 2.54. The molecule has 2 aromatic heterocycles. The van der Waals surface area contributed by atoms with Gasteiger partial charge in [0.15, 0.2) is 11.2 Å². The van der Waals surface area contributed by atoms with Gasteiger partial charge in [-0.05, 0) is 16.3 Å². The van der Waals surface area contributed by atoms with E-state index < -0.39 is 8.06 Å². The van der Waals surface area contributed by atoms with Crippen LogP contribution >= 0.6 is 8.06 Å². The van der Waals surface area contributed by atoms with Crippen molar-refractivity contribution in [2.75, 3.05) is 0 Å². The lowest BCUT2D eigenvalue weighted by Crippen LogP contribution is -1.91. The maximum atomic E-state index is 5.87. The molecular formula is C18H9O3P. The minimum Gasteiger partial charge on any atom is -0.386 e. The van der Waals surface area contributed by atoms with Gasteiger partial charge in [0.05, 0.1) is 0 Å². The van der Waals surface area contributed by atoms with Crippen molar-refractivity contribution in [2.24, 2.45) is 0 Å². The van der Waals surface area contributed by atoms with Crippen LogP contribution in [0.2, 0.25) is 0 Å². The van der Waals surface area contributed by atoms with Crippen LogP contribution in [-0.4, -0.2) is 0 Å². The lowest BCUT2D eigenvalue weighted by molar-refractivity contribution is 0.614. The minimum atomic E-state index is -1.29. The van der Waals surface area contributed by atoms with E-state index in [4.69, 9.17) is 12.6 Å². The van der Waals surface area contributed by atoms with E-state index in [1.54, 1.807) is 0 Å². The first kappa shape index (κ1) is 11.0. The number of rotatable bonds is 1. The average molecular weight is 304 g/mol. The zero-order valence-electron chi connectivity index (χ0n) is 11.4. The van der Waals surface area contributed by atoms with E-state index in [2.05, 4.69) is 36.4 Å². The van der Waals surface area contributed by atoms with Crippen LogP contribution in [0.25, 0.3) is 49.4 Å². The third-order valence-electron chi connectivity index (χ3n) is 4.39. The smallest absolute Gasteiger partial charge is 0.386 e. The molecule has 22 heavy (non-hydrogen) atoms. The van der Waals surface area contributed by atoms with E-state index in [1.165, 1.54) is 21.5 Å². The summed E-state index contributed by atoms with van der Waals surface area (Å²) in [7, 11) is -1.29. The lowest BCUT2D eigenvalue weighted by atomic mass is 9.87. The first-order chi connectivity index (χ1) is 10.9. The van der Waals surface area contributed by atoms with E-state index in [0.29, 0.717) is 0 Å². The lowest BCUT2D eigenvalue weighted by Gasteiger charge is -2.16. The summed E-state index contributed by atoms with van der Waals surface area (Å²) in [6.45, 7) is 0. The van der Waals surface area contributed by atoms with Gasteiger partial charge in [0.2, 0.25) is 5.58 Å². The fourth-order valence-electron chi connectivity index (χ4n) is 3.48. The average Bonchev–Trinajstić information content (AvgIpc) is 3.14. The molecule has 0 saturated heterocycles. The Morgan fingerprint density at radius 2 is 1.23 bits per heavy atom. The quantitative estimate of drug-likeness (QED) is 0.349. The Bertz CT molecular complexity index is 1260. The number of benzene rings is 3. The zero-order chi connectivity index (χ0) is 14.3. The van der Waals surface area contributed by atoms with Gasteiger partial charge in [-0.3, -0.25) is 0 Å². The van der Waals surface area contributed by atoms with Gasteiger partial charge in [-0.2, -0.15) is 0 Å². The second kappa shape index (κ2) is 3.57. The van der Waals surface area contributed by atoms with E-state index >= 15 is 0 Å². The predicted octanol–water partition coefficient (Wildman–Crippen LogP) is 6.47. The molecule has 1 atom stereocenters. The SMILES string of the molecule is c1ccc(-c2c3op4oc3c(o4)c3c4ccccc4c23)cc1. The van der Waals surface area contributed by atoms with Crippen molar-refractivity contribution in [3.63, 3.8) is 0 Å². The summed E-state index contributed by atoms with van der Waals surface area (Å²) in [5.74, 6) is 0. The fraction of sp³-hybridized carbons (Fsp3) is 0. The first-order valence-corrected chi connectivity index (χ1v) is 8.24. The van der Waals surface area contributed by atoms with Crippen molar-refractivity contribution in [2.45, 2.75) is 0 Å². The van der Waals surface area contributed by atoms with Gasteiger partial charge < -0.3 is 12.6 Å². The van der Waals surface area contributed by atoms with Crippen molar-refractivity contribution < 1.29 is 12.6 Å². The summed E-state index contributed by atoms with van der Waals surface area (Å²) in [6, 6.07) is 18.8. The van der Waals surface area contributed by atoms with Crippen molar-refractivity contribution in [3.8, 4) is 11.1 Å². The fourth-order valence-corrected chi connectivity index (χ4v) is 4.56. The molecular weight excluding hydrogens is 295 g/mol. The van der Waals surface area contributed by atoms with Crippen LogP contribution < -0.4 is 0 Å². The Balaban J connectivity index is 1.94. The van der Waals surface area contributed by atoms with Gasteiger partial charge in [-0.1, -0.05) is 54.6 Å². The van der Waals surface area contributed by atoms with Crippen LogP contribution in [0.4, 0.5) is 0 Å². The van der Waals surface area contributed by atoms with Crippen LogP contribution in [0.1, 0.15) is 0 Å². The highest BCUT2D eigenvalue weighted by molar-refractivity contribution is 7.27. The summed E-state index contributed by atoms with van der Waals surface area (Å²) >= 11 is 0. The van der Waals surface area contributed by atoms with Gasteiger partial charge in [-0.25, -0.2) is 0 Å². The molecule has 0 saturated carbocycles. The number of fused-ring (bicyclic) bond motifs is 6. The van der Waals surface area contributed by atoms with E-state index in [-0.39, 0.29) is 0 Å². The molecule has 0 fully saturated rings. The number of hydrogen-bond acceptors (Lipinski definition) is 3. The van der Waals surface area contributed by atoms with Crippen LogP contribution in [0.15, 0.2) is 67.2 Å². The molecule has 0 aliphatic heterocycles. The topological polar surface area (TPSA) is 39.4 Å². The van der Waals surface area contributed by atoms with Gasteiger partial charge >= 0.3 is 8.06 Å². The number of hydrogen-bond donors (Lipinski definition) is 0. The molecule has 0 amide bonds. The molecule has 4 heteroatoms. The molecule has 6 rings (SSSR count). The van der Waals surface area contributed by atoms with Crippen molar-refractivity contribution in [3.05, 3.63) is 54.6 Å². The molecule has 3 nitrogen and oxygen atoms in total.